The van der Waals surface area contributed by atoms with Gasteiger partial charge in [0.1, 0.15) is 0 Å². The Kier molecular flexibility index (Phi) is 3.79. The van der Waals surface area contributed by atoms with Gasteiger partial charge in [-0.05, 0) is 38.5 Å². The summed E-state index contributed by atoms with van der Waals surface area (Å²) in [5.74, 6) is -0.903. The first-order valence-corrected chi connectivity index (χ1v) is 6.47. The van der Waals surface area contributed by atoms with Crippen molar-refractivity contribution in [2.24, 2.45) is 7.05 Å². The lowest BCUT2D eigenvalue weighted by Crippen LogP contribution is -2.07. The smallest absolute Gasteiger partial charge is 0.336 e. The van der Waals surface area contributed by atoms with Crippen molar-refractivity contribution < 1.29 is 9.90 Å². The Morgan fingerprint density at radius 1 is 1.35 bits per heavy atom. The van der Waals surface area contributed by atoms with E-state index in [1.54, 1.807) is 12.1 Å². The zero-order chi connectivity index (χ0) is 14.9. The zero-order valence-corrected chi connectivity index (χ0v) is 12.2. The molecule has 1 heterocycles. The van der Waals surface area contributed by atoms with E-state index in [0.717, 1.165) is 28.2 Å². The van der Waals surface area contributed by atoms with E-state index < -0.39 is 5.97 Å². The second kappa shape index (κ2) is 5.36. The third-order valence-electron chi connectivity index (χ3n) is 3.68. The molecule has 2 aromatic rings. The maximum atomic E-state index is 11.1. The molecule has 0 aliphatic carbocycles. The van der Waals surface area contributed by atoms with E-state index in [1.165, 1.54) is 0 Å². The number of aryl methyl sites for hydroxylation is 2. The highest BCUT2D eigenvalue weighted by Crippen LogP contribution is 2.21. The van der Waals surface area contributed by atoms with Gasteiger partial charge in [0, 0.05) is 30.5 Å². The minimum atomic E-state index is -0.903. The van der Waals surface area contributed by atoms with Crippen molar-refractivity contribution in [3.05, 3.63) is 46.3 Å². The van der Waals surface area contributed by atoms with Crippen LogP contribution in [0.1, 0.15) is 32.9 Å². The predicted molar refractivity (Wildman–Crippen MR) is 78.1 cm³/mol. The molecule has 1 aromatic heterocycles. The average Bonchev–Trinajstić information content (AvgIpc) is 2.62. The standard InChI is InChI=1S/C15H19N3O2/c1-9-12(15(19)20)6-5-7-14(9)16-8-13-10(2)17-18(4)11(13)3/h5-7,16H,8H2,1-4H3,(H,19,20). The van der Waals surface area contributed by atoms with Gasteiger partial charge in [0.05, 0.1) is 11.3 Å². The number of carbonyl (C=O) groups is 1. The highest BCUT2D eigenvalue weighted by molar-refractivity contribution is 5.91. The number of anilines is 1. The van der Waals surface area contributed by atoms with Gasteiger partial charge in [0.2, 0.25) is 0 Å². The molecule has 0 saturated carbocycles. The van der Waals surface area contributed by atoms with E-state index in [-0.39, 0.29) is 0 Å². The van der Waals surface area contributed by atoms with Gasteiger partial charge in [-0.15, -0.1) is 0 Å². The summed E-state index contributed by atoms with van der Waals surface area (Å²) >= 11 is 0. The fraction of sp³-hybridized carbons (Fsp3) is 0.333. The highest BCUT2D eigenvalue weighted by atomic mass is 16.4. The Labute approximate surface area is 118 Å². The number of carboxylic acid groups (broad SMARTS) is 1. The van der Waals surface area contributed by atoms with Crippen molar-refractivity contribution in [1.29, 1.82) is 0 Å². The summed E-state index contributed by atoms with van der Waals surface area (Å²) < 4.78 is 1.85. The molecule has 20 heavy (non-hydrogen) atoms. The van der Waals surface area contributed by atoms with E-state index in [4.69, 9.17) is 5.11 Å². The molecule has 106 valence electrons. The molecule has 2 rings (SSSR count). The molecule has 0 unspecified atom stereocenters. The summed E-state index contributed by atoms with van der Waals surface area (Å²) in [5, 5.41) is 16.8. The van der Waals surface area contributed by atoms with E-state index in [2.05, 4.69) is 10.4 Å². The van der Waals surface area contributed by atoms with Crippen molar-refractivity contribution in [3.8, 4) is 0 Å². The lowest BCUT2D eigenvalue weighted by atomic mass is 10.1. The third-order valence-corrected chi connectivity index (χ3v) is 3.68. The molecule has 0 radical (unpaired) electrons. The van der Waals surface area contributed by atoms with E-state index in [9.17, 15) is 4.79 Å². The van der Waals surface area contributed by atoms with Crippen molar-refractivity contribution in [3.63, 3.8) is 0 Å². The fourth-order valence-electron chi connectivity index (χ4n) is 2.32. The summed E-state index contributed by atoms with van der Waals surface area (Å²) in [4.78, 5) is 11.1. The van der Waals surface area contributed by atoms with Crippen LogP contribution in [0, 0.1) is 20.8 Å². The van der Waals surface area contributed by atoms with Crippen LogP contribution in [0.4, 0.5) is 5.69 Å². The first-order valence-electron chi connectivity index (χ1n) is 6.47. The number of nitrogens with one attached hydrogen (secondary N) is 1. The first kappa shape index (κ1) is 14.1. The Hall–Kier alpha value is -2.30. The molecule has 0 fully saturated rings. The average molecular weight is 273 g/mol. The summed E-state index contributed by atoms with van der Waals surface area (Å²) in [7, 11) is 1.92. The second-order valence-electron chi connectivity index (χ2n) is 4.91. The van der Waals surface area contributed by atoms with Crippen molar-refractivity contribution in [2.75, 3.05) is 5.32 Å². The fourth-order valence-corrected chi connectivity index (χ4v) is 2.32. The van der Waals surface area contributed by atoms with E-state index in [0.29, 0.717) is 12.1 Å². The molecule has 0 aliphatic heterocycles. The van der Waals surface area contributed by atoms with Crippen LogP contribution in [0.25, 0.3) is 0 Å². The Morgan fingerprint density at radius 2 is 2.05 bits per heavy atom. The van der Waals surface area contributed by atoms with Crippen molar-refractivity contribution in [2.45, 2.75) is 27.3 Å². The van der Waals surface area contributed by atoms with Crippen LogP contribution in [0.3, 0.4) is 0 Å². The van der Waals surface area contributed by atoms with Crippen LogP contribution in [-0.4, -0.2) is 20.9 Å². The lowest BCUT2D eigenvalue weighted by molar-refractivity contribution is 0.0696. The Bertz CT molecular complexity index is 659. The molecule has 2 N–H and O–H groups in total. The predicted octanol–water partition coefficient (Wildman–Crippen LogP) is 2.66. The van der Waals surface area contributed by atoms with Gasteiger partial charge < -0.3 is 10.4 Å². The van der Waals surface area contributed by atoms with Crippen molar-refractivity contribution >= 4 is 11.7 Å². The Balaban J connectivity index is 2.23. The van der Waals surface area contributed by atoms with Crippen LogP contribution in [0.15, 0.2) is 18.2 Å². The number of hydrogen-bond acceptors (Lipinski definition) is 3. The van der Waals surface area contributed by atoms with Gasteiger partial charge >= 0.3 is 5.97 Å². The molecule has 5 heteroatoms. The van der Waals surface area contributed by atoms with E-state index in [1.807, 2.05) is 38.6 Å². The minimum Gasteiger partial charge on any atom is -0.478 e. The lowest BCUT2D eigenvalue weighted by Gasteiger charge is -2.11. The third kappa shape index (κ3) is 2.52. The molecular weight excluding hydrogens is 254 g/mol. The van der Waals surface area contributed by atoms with Crippen LogP contribution < -0.4 is 5.32 Å². The molecule has 0 saturated heterocycles. The quantitative estimate of drug-likeness (QED) is 0.898. The molecule has 0 aliphatic rings. The molecule has 1 aromatic carbocycles. The van der Waals surface area contributed by atoms with Crippen LogP contribution >= 0.6 is 0 Å². The molecule has 0 bridgehead atoms. The molecule has 0 amide bonds. The number of carboxylic acids is 1. The minimum absolute atomic E-state index is 0.328. The molecule has 5 nitrogen and oxygen atoms in total. The summed E-state index contributed by atoms with van der Waals surface area (Å²) in [5.41, 5.74) is 5.17. The van der Waals surface area contributed by atoms with Crippen molar-refractivity contribution in [1.82, 2.24) is 9.78 Å². The Morgan fingerprint density at radius 3 is 2.60 bits per heavy atom. The van der Waals surface area contributed by atoms with Gasteiger partial charge in [-0.25, -0.2) is 4.79 Å². The molecule has 0 spiro atoms. The van der Waals surface area contributed by atoms with Crippen LogP contribution in [-0.2, 0) is 13.6 Å². The summed E-state index contributed by atoms with van der Waals surface area (Å²) in [6.07, 6.45) is 0. The highest BCUT2D eigenvalue weighted by Gasteiger charge is 2.12. The van der Waals surface area contributed by atoms with Gasteiger partial charge in [0.25, 0.3) is 0 Å². The number of rotatable bonds is 4. The van der Waals surface area contributed by atoms with Gasteiger partial charge in [0.15, 0.2) is 0 Å². The topological polar surface area (TPSA) is 67.2 Å². The number of aromatic carboxylic acids is 1. The summed E-state index contributed by atoms with van der Waals surface area (Å²) in [6.45, 7) is 6.45. The molecule has 0 atom stereocenters. The maximum Gasteiger partial charge on any atom is 0.336 e. The SMILES string of the molecule is Cc1nn(C)c(C)c1CNc1cccc(C(=O)O)c1C. The number of nitrogens with zero attached hydrogens (tertiary/aromatic N) is 2. The van der Waals surface area contributed by atoms with Gasteiger partial charge in [-0.1, -0.05) is 6.07 Å². The van der Waals surface area contributed by atoms with E-state index >= 15 is 0 Å². The number of aromatic nitrogens is 2. The van der Waals surface area contributed by atoms with Crippen LogP contribution in [0.2, 0.25) is 0 Å². The maximum absolute atomic E-state index is 11.1. The van der Waals surface area contributed by atoms with Gasteiger partial charge in [-0.2, -0.15) is 5.10 Å². The summed E-state index contributed by atoms with van der Waals surface area (Å²) in [6, 6.07) is 5.26. The number of benzene rings is 1. The zero-order valence-electron chi connectivity index (χ0n) is 12.2. The largest absolute Gasteiger partial charge is 0.478 e. The monoisotopic (exact) mass is 273 g/mol. The molecular formula is C15H19N3O2. The number of hydrogen-bond donors (Lipinski definition) is 2. The van der Waals surface area contributed by atoms with Crippen LogP contribution in [0.5, 0.6) is 0 Å². The second-order valence-corrected chi connectivity index (χ2v) is 4.91. The normalized spacial score (nSPS) is 10.6. The van der Waals surface area contributed by atoms with Gasteiger partial charge in [-0.3, -0.25) is 4.68 Å². The first-order chi connectivity index (χ1) is 9.41.